The van der Waals surface area contributed by atoms with Gasteiger partial charge in [0.2, 0.25) is 0 Å². The van der Waals surface area contributed by atoms with Gasteiger partial charge in [-0.05, 0) is 60.2 Å². The predicted molar refractivity (Wildman–Crippen MR) is 93.9 cm³/mol. The van der Waals surface area contributed by atoms with Crippen molar-refractivity contribution in [2.75, 3.05) is 7.11 Å². The van der Waals surface area contributed by atoms with E-state index in [2.05, 4.69) is 40.7 Å². The van der Waals surface area contributed by atoms with E-state index in [0.29, 0.717) is 17.3 Å². The van der Waals surface area contributed by atoms with Crippen molar-refractivity contribution in [1.29, 1.82) is 0 Å². The number of hydrogen-bond donors (Lipinski definition) is 0. The topological polar surface area (TPSA) is 26.3 Å². The summed E-state index contributed by atoms with van der Waals surface area (Å²) >= 11 is 0. The molecule has 2 nitrogen and oxygen atoms in total. The molecule has 0 aliphatic heterocycles. The summed E-state index contributed by atoms with van der Waals surface area (Å²) in [6.07, 6.45) is 9.86. The molecule has 0 spiro atoms. The third-order valence-electron chi connectivity index (χ3n) is 8.10. The van der Waals surface area contributed by atoms with Crippen molar-refractivity contribution in [1.82, 2.24) is 0 Å². The third-order valence-corrected chi connectivity index (χ3v) is 8.10. The normalized spacial score (nSPS) is 45.5. The zero-order valence-corrected chi connectivity index (χ0v) is 15.9. The predicted octanol–water partition coefficient (Wildman–Crippen LogP) is 5.37. The fourth-order valence-corrected chi connectivity index (χ4v) is 6.44. The molecule has 5 atom stereocenters. The smallest absolute Gasteiger partial charge is 0.309 e. The molecule has 0 unspecified atom stereocenters. The first-order chi connectivity index (χ1) is 10.7. The Morgan fingerprint density at radius 1 is 1.13 bits per heavy atom. The Morgan fingerprint density at radius 2 is 1.83 bits per heavy atom. The van der Waals surface area contributed by atoms with Crippen LogP contribution in [0.4, 0.5) is 0 Å². The van der Waals surface area contributed by atoms with E-state index in [1.54, 1.807) is 12.7 Å². The Hall–Kier alpha value is -0.790. The quantitative estimate of drug-likeness (QED) is 0.479. The second-order valence-electron chi connectivity index (χ2n) is 9.54. The van der Waals surface area contributed by atoms with Gasteiger partial charge in [-0.2, -0.15) is 0 Å². The molecule has 23 heavy (non-hydrogen) atoms. The average molecular weight is 319 g/mol. The van der Waals surface area contributed by atoms with Crippen LogP contribution >= 0.6 is 0 Å². The Labute approximate surface area is 142 Å². The minimum atomic E-state index is 0.0119. The van der Waals surface area contributed by atoms with Crippen LogP contribution in [0.3, 0.4) is 0 Å². The molecule has 0 radical (unpaired) electrons. The maximum atomic E-state index is 12.6. The lowest BCUT2D eigenvalue weighted by Crippen LogP contribution is -2.58. The SMILES string of the molecule is COC(=O)[C@@H]1[C@@H](C)CC[C@@]2(C)[C@@H]3CCCC(C)(C)C3=CC[C@@]12C. The number of methoxy groups -OCH3 is 1. The lowest BCUT2D eigenvalue weighted by atomic mass is 9.40. The maximum Gasteiger partial charge on any atom is 0.309 e. The molecule has 0 N–H and O–H groups in total. The molecule has 0 aromatic rings. The fraction of sp³-hybridized carbons (Fsp3) is 0.857. The molecule has 2 heteroatoms. The maximum absolute atomic E-state index is 12.6. The second-order valence-corrected chi connectivity index (χ2v) is 9.54. The highest BCUT2D eigenvalue weighted by Gasteiger charge is 2.62. The van der Waals surface area contributed by atoms with Crippen LogP contribution in [0.25, 0.3) is 0 Å². The Kier molecular flexibility index (Phi) is 3.97. The molecule has 0 amide bonds. The van der Waals surface area contributed by atoms with Crippen molar-refractivity contribution in [2.45, 2.75) is 73.1 Å². The highest BCUT2D eigenvalue weighted by molar-refractivity contribution is 5.74. The Balaban J connectivity index is 2.09. The molecule has 0 aromatic heterocycles. The van der Waals surface area contributed by atoms with Crippen LogP contribution in [0, 0.1) is 34.0 Å². The zero-order chi connectivity index (χ0) is 17.0. The van der Waals surface area contributed by atoms with Crippen LogP contribution < -0.4 is 0 Å². The van der Waals surface area contributed by atoms with Crippen molar-refractivity contribution < 1.29 is 9.53 Å². The Morgan fingerprint density at radius 3 is 2.48 bits per heavy atom. The summed E-state index contributed by atoms with van der Waals surface area (Å²) in [6.45, 7) is 11.9. The van der Waals surface area contributed by atoms with Crippen LogP contribution in [-0.2, 0) is 9.53 Å². The van der Waals surface area contributed by atoms with Crippen LogP contribution in [-0.4, -0.2) is 13.1 Å². The van der Waals surface area contributed by atoms with Crippen LogP contribution in [0.1, 0.15) is 73.1 Å². The van der Waals surface area contributed by atoms with E-state index in [1.807, 2.05) is 0 Å². The summed E-state index contributed by atoms with van der Waals surface area (Å²) in [5.41, 5.74) is 2.26. The van der Waals surface area contributed by atoms with Crippen LogP contribution in [0.15, 0.2) is 11.6 Å². The molecule has 0 bridgehead atoms. The van der Waals surface area contributed by atoms with Gasteiger partial charge in [0.1, 0.15) is 0 Å². The van der Waals surface area contributed by atoms with Crippen molar-refractivity contribution in [3.05, 3.63) is 11.6 Å². The van der Waals surface area contributed by atoms with Gasteiger partial charge >= 0.3 is 5.97 Å². The van der Waals surface area contributed by atoms with Crippen LogP contribution in [0.5, 0.6) is 0 Å². The van der Waals surface area contributed by atoms with E-state index < -0.39 is 0 Å². The molecule has 3 aliphatic carbocycles. The first-order valence-corrected chi connectivity index (χ1v) is 9.46. The van der Waals surface area contributed by atoms with Gasteiger partial charge in [-0.15, -0.1) is 0 Å². The molecule has 3 aliphatic rings. The Bertz CT molecular complexity index is 532. The summed E-state index contributed by atoms with van der Waals surface area (Å²) in [7, 11) is 1.55. The van der Waals surface area contributed by atoms with E-state index in [4.69, 9.17) is 4.74 Å². The molecule has 2 saturated carbocycles. The van der Waals surface area contributed by atoms with Crippen molar-refractivity contribution in [2.24, 2.45) is 34.0 Å². The van der Waals surface area contributed by atoms with E-state index in [1.165, 1.54) is 25.7 Å². The number of hydrogen-bond acceptors (Lipinski definition) is 2. The molecular formula is C21H34O2. The van der Waals surface area contributed by atoms with Crippen molar-refractivity contribution in [3.63, 3.8) is 0 Å². The van der Waals surface area contributed by atoms with E-state index in [-0.39, 0.29) is 22.7 Å². The summed E-state index contributed by atoms with van der Waals surface area (Å²) in [5.74, 6) is 1.11. The van der Waals surface area contributed by atoms with Gasteiger partial charge in [0, 0.05) is 0 Å². The van der Waals surface area contributed by atoms with Crippen molar-refractivity contribution >= 4 is 5.97 Å². The lowest BCUT2D eigenvalue weighted by molar-refractivity contribution is -0.172. The number of rotatable bonds is 1. The van der Waals surface area contributed by atoms with Gasteiger partial charge in [0.25, 0.3) is 0 Å². The number of carbonyl (C=O) groups excluding carboxylic acids is 1. The van der Waals surface area contributed by atoms with Crippen molar-refractivity contribution in [3.8, 4) is 0 Å². The first kappa shape index (κ1) is 17.0. The monoisotopic (exact) mass is 318 g/mol. The largest absolute Gasteiger partial charge is 0.469 e. The van der Waals surface area contributed by atoms with Gasteiger partial charge < -0.3 is 4.74 Å². The number of ether oxygens (including phenoxy) is 1. The molecule has 3 rings (SSSR count). The average Bonchev–Trinajstić information content (AvgIpc) is 2.48. The first-order valence-electron chi connectivity index (χ1n) is 9.46. The van der Waals surface area contributed by atoms with E-state index in [9.17, 15) is 4.79 Å². The number of carbonyl (C=O) groups is 1. The second kappa shape index (κ2) is 5.36. The van der Waals surface area contributed by atoms with E-state index >= 15 is 0 Å². The van der Waals surface area contributed by atoms with Gasteiger partial charge in [0.15, 0.2) is 0 Å². The minimum Gasteiger partial charge on any atom is -0.469 e. The summed E-state index contributed by atoms with van der Waals surface area (Å²) in [6, 6.07) is 0. The molecule has 0 saturated heterocycles. The molecule has 130 valence electrons. The fourth-order valence-electron chi connectivity index (χ4n) is 6.44. The molecule has 0 heterocycles. The molecule has 2 fully saturated rings. The summed E-state index contributed by atoms with van der Waals surface area (Å²) in [5, 5.41) is 0. The standard InChI is InChI=1S/C21H34O2/c1-14-9-12-20(4)16-8-7-11-19(2,3)15(16)10-13-21(20,5)17(14)18(22)23-6/h10,14,16-17H,7-9,11-13H2,1-6H3/t14-,16+,17-,20-,21-/m0/s1. The summed E-state index contributed by atoms with van der Waals surface area (Å²) < 4.78 is 5.24. The van der Waals surface area contributed by atoms with Crippen LogP contribution in [0.2, 0.25) is 0 Å². The number of esters is 1. The summed E-state index contributed by atoms with van der Waals surface area (Å²) in [4.78, 5) is 12.6. The van der Waals surface area contributed by atoms with Gasteiger partial charge in [-0.1, -0.05) is 52.7 Å². The zero-order valence-electron chi connectivity index (χ0n) is 15.9. The van der Waals surface area contributed by atoms with Gasteiger partial charge in [0.05, 0.1) is 13.0 Å². The minimum absolute atomic E-state index is 0.0119. The van der Waals surface area contributed by atoms with E-state index in [0.717, 1.165) is 12.8 Å². The molecule has 0 aromatic carbocycles. The van der Waals surface area contributed by atoms with Gasteiger partial charge in [-0.25, -0.2) is 0 Å². The molecular weight excluding hydrogens is 284 g/mol. The highest BCUT2D eigenvalue weighted by Crippen LogP contribution is 2.68. The lowest BCUT2D eigenvalue weighted by Gasteiger charge is -2.63. The third kappa shape index (κ3) is 2.23. The number of allylic oxidation sites excluding steroid dienone is 2. The van der Waals surface area contributed by atoms with Gasteiger partial charge in [-0.3, -0.25) is 4.79 Å². The highest BCUT2D eigenvalue weighted by atomic mass is 16.5. The number of fused-ring (bicyclic) bond motifs is 3.